The lowest BCUT2D eigenvalue weighted by Gasteiger charge is -2.42. The van der Waals surface area contributed by atoms with Crippen molar-refractivity contribution in [3.8, 4) is 0 Å². The molecule has 7 heteroatoms. The Hall–Kier alpha value is -1.41. The van der Waals surface area contributed by atoms with Crippen LogP contribution >= 0.6 is 0 Å². The number of hydrogen-bond acceptors (Lipinski definition) is 7. The van der Waals surface area contributed by atoms with E-state index in [9.17, 15) is 20.1 Å². The summed E-state index contributed by atoms with van der Waals surface area (Å²) < 4.78 is 10.1. The van der Waals surface area contributed by atoms with E-state index in [1.54, 1.807) is 6.07 Å². The van der Waals surface area contributed by atoms with E-state index in [0.717, 1.165) is 0 Å². The molecule has 3 rings (SSSR count). The second kappa shape index (κ2) is 5.17. The summed E-state index contributed by atoms with van der Waals surface area (Å²) in [5, 5.41) is 29.9. The molecule has 110 valence electrons. The number of carbonyl (C=O) groups is 1. The Balaban J connectivity index is 1.70. The number of carbonyl (C=O) groups excluding carboxylic acids is 1. The number of nitrogens with zero attached hydrogens (tertiary/aromatic N) is 1. The van der Waals surface area contributed by atoms with Gasteiger partial charge in [-0.15, -0.1) is 0 Å². The van der Waals surface area contributed by atoms with Crippen molar-refractivity contribution in [3.63, 3.8) is 0 Å². The third kappa shape index (κ3) is 2.22. The molecule has 5 atom stereocenters. The van der Waals surface area contributed by atoms with Crippen molar-refractivity contribution in [1.82, 2.24) is 4.90 Å². The maximum atomic E-state index is 11.8. The van der Waals surface area contributed by atoms with E-state index in [2.05, 4.69) is 0 Å². The highest BCUT2D eigenvalue weighted by Crippen LogP contribution is 2.29. The lowest BCUT2D eigenvalue weighted by molar-refractivity contribution is -0.144. The molecular formula is C13H17NO6. The summed E-state index contributed by atoms with van der Waals surface area (Å²) in [5.41, 5.74) is 0. The van der Waals surface area contributed by atoms with Gasteiger partial charge in [-0.2, -0.15) is 0 Å². The van der Waals surface area contributed by atoms with Crippen molar-refractivity contribution >= 4 is 5.97 Å². The molecule has 2 saturated heterocycles. The summed E-state index contributed by atoms with van der Waals surface area (Å²) in [6.07, 6.45) is -1.98. The van der Waals surface area contributed by atoms with Gasteiger partial charge >= 0.3 is 5.97 Å². The largest absolute Gasteiger partial charge is 0.457 e. The van der Waals surface area contributed by atoms with Gasteiger partial charge < -0.3 is 24.5 Å². The Bertz CT molecular complexity index is 475. The van der Waals surface area contributed by atoms with E-state index in [4.69, 9.17) is 9.15 Å². The van der Waals surface area contributed by atoms with Gasteiger partial charge in [-0.3, -0.25) is 4.90 Å². The minimum absolute atomic E-state index is 0.0512. The van der Waals surface area contributed by atoms with Crippen molar-refractivity contribution in [2.24, 2.45) is 0 Å². The predicted octanol–water partition coefficient (Wildman–Crippen LogP) is -1.02. The summed E-state index contributed by atoms with van der Waals surface area (Å²) in [6, 6.07) is 2.54. The highest BCUT2D eigenvalue weighted by molar-refractivity contribution is 5.86. The van der Waals surface area contributed by atoms with Crippen LogP contribution in [-0.4, -0.2) is 69.7 Å². The first-order chi connectivity index (χ1) is 9.58. The molecular weight excluding hydrogens is 266 g/mol. The summed E-state index contributed by atoms with van der Waals surface area (Å²) in [6.45, 7) is 0.886. The third-order valence-corrected chi connectivity index (χ3v) is 4.00. The van der Waals surface area contributed by atoms with Gasteiger partial charge in [-0.25, -0.2) is 4.79 Å². The average Bonchev–Trinajstić information content (AvgIpc) is 3.05. The second-order valence-electron chi connectivity index (χ2n) is 5.24. The van der Waals surface area contributed by atoms with Crippen molar-refractivity contribution < 1.29 is 29.3 Å². The van der Waals surface area contributed by atoms with Crippen LogP contribution in [0.15, 0.2) is 22.8 Å². The number of esters is 1. The molecule has 1 aromatic heterocycles. The van der Waals surface area contributed by atoms with Crippen LogP contribution in [0.2, 0.25) is 0 Å². The maximum Gasteiger partial charge on any atom is 0.374 e. The molecule has 2 fully saturated rings. The number of aliphatic hydroxyl groups is 3. The van der Waals surface area contributed by atoms with Gasteiger partial charge in [-0.1, -0.05) is 0 Å². The van der Waals surface area contributed by atoms with Crippen molar-refractivity contribution in [2.45, 2.75) is 36.9 Å². The van der Waals surface area contributed by atoms with Crippen LogP contribution in [0.4, 0.5) is 0 Å². The first-order valence-corrected chi connectivity index (χ1v) is 6.60. The highest BCUT2D eigenvalue weighted by Gasteiger charge is 2.49. The number of rotatable bonds is 2. The number of ether oxygens (including phenoxy) is 1. The Labute approximate surface area is 115 Å². The number of aliphatic hydroxyl groups excluding tert-OH is 3. The van der Waals surface area contributed by atoms with Gasteiger partial charge in [0.15, 0.2) is 0 Å². The fourth-order valence-corrected chi connectivity index (χ4v) is 2.98. The molecule has 2 aliphatic heterocycles. The number of furan rings is 1. The van der Waals surface area contributed by atoms with Gasteiger partial charge in [0.2, 0.25) is 5.76 Å². The smallest absolute Gasteiger partial charge is 0.374 e. The zero-order valence-corrected chi connectivity index (χ0v) is 10.8. The van der Waals surface area contributed by atoms with Crippen LogP contribution < -0.4 is 0 Å². The van der Waals surface area contributed by atoms with Crippen molar-refractivity contribution in [2.75, 3.05) is 13.1 Å². The standard InChI is InChI=1S/C13H17NO6/c15-7-3-4-14-6-9(11(16)12(17)10(7)14)20-13(18)8-2-1-5-19-8/h1-2,5,7,9-12,15-17H,3-4,6H2/t7-,9?,10?,11?,12?/m0/s1. The van der Waals surface area contributed by atoms with Gasteiger partial charge in [-0.05, 0) is 18.6 Å². The molecule has 0 radical (unpaired) electrons. The number of fused-ring (bicyclic) bond motifs is 1. The lowest BCUT2D eigenvalue weighted by atomic mass is 9.93. The first-order valence-electron chi connectivity index (χ1n) is 6.60. The molecule has 0 aromatic carbocycles. The van der Waals surface area contributed by atoms with Crippen LogP contribution in [0, 0.1) is 0 Å². The highest BCUT2D eigenvalue weighted by atomic mass is 16.6. The zero-order chi connectivity index (χ0) is 14.3. The fourth-order valence-electron chi connectivity index (χ4n) is 2.98. The Morgan fingerprint density at radius 2 is 2.15 bits per heavy atom. The summed E-state index contributed by atoms with van der Waals surface area (Å²) >= 11 is 0. The summed E-state index contributed by atoms with van der Waals surface area (Å²) in [4.78, 5) is 13.6. The summed E-state index contributed by atoms with van der Waals surface area (Å²) in [7, 11) is 0. The molecule has 4 unspecified atom stereocenters. The van der Waals surface area contributed by atoms with Gasteiger partial charge in [0.1, 0.15) is 18.3 Å². The van der Waals surface area contributed by atoms with Crippen LogP contribution in [-0.2, 0) is 4.74 Å². The average molecular weight is 283 g/mol. The van der Waals surface area contributed by atoms with E-state index < -0.39 is 36.4 Å². The molecule has 7 nitrogen and oxygen atoms in total. The number of piperidine rings is 1. The molecule has 0 bridgehead atoms. The first kappa shape index (κ1) is 13.6. The van der Waals surface area contributed by atoms with Gasteiger partial charge in [0.05, 0.1) is 18.4 Å². The molecule has 0 saturated carbocycles. The van der Waals surface area contributed by atoms with E-state index in [0.29, 0.717) is 13.0 Å². The molecule has 0 aliphatic carbocycles. The summed E-state index contributed by atoms with van der Waals surface area (Å²) in [5.74, 6) is -0.625. The molecule has 3 N–H and O–H groups in total. The van der Waals surface area contributed by atoms with Crippen molar-refractivity contribution in [1.29, 1.82) is 0 Å². The lowest BCUT2D eigenvalue weighted by Crippen LogP contribution is -2.62. The minimum atomic E-state index is -1.22. The topological polar surface area (TPSA) is 103 Å². The quantitative estimate of drug-likeness (QED) is 0.597. The normalized spacial score (nSPS) is 37.6. The Kier molecular flexibility index (Phi) is 3.51. The minimum Gasteiger partial charge on any atom is -0.457 e. The van der Waals surface area contributed by atoms with Gasteiger partial charge in [0, 0.05) is 13.1 Å². The number of hydrogen-bond donors (Lipinski definition) is 3. The van der Waals surface area contributed by atoms with Crippen LogP contribution in [0.25, 0.3) is 0 Å². The second-order valence-corrected chi connectivity index (χ2v) is 5.24. The van der Waals surface area contributed by atoms with E-state index in [1.807, 2.05) is 4.90 Å². The third-order valence-electron chi connectivity index (χ3n) is 4.00. The Morgan fingerprint density at radius 1 is 1.35 bits per heavy atom. The fraction of sp³-hybridized carbons (Fsp3) is 0.615. The zero-order valence-electron chi connectivity index (χ0n) is 10.8. The van der Waals surface area contributed by atoms with E-state index in [-0.39, 0.29) is 12.3 Å². The molecule has 0 spiro atoms. The SMILES string of the molecule is O=C(OC1CN2CC[C@H](O)C2C(O)C1O)c1ccco1. The van der Waals surface area contributed by atoms with Crippen LogP contribution in [0.3, 0.4) is 0 Å². The molecule has 0 amide bonds. The van der Waals surface area contributed by atoms with Crippen molar-refractivity contribution in [3.05, 3.63) is 24.2 Å². The molecule has 1 aromatic rings. The van der Waals surface area contributed by atoms with E-state index >= 15 is 0 Å². The molecule has 3 heterocycles. The maximum absolute atomic E-state index is 11.8. The van der Waals surface area contributed by atoms with E-state index in [1.165, 1.54) is 12.3 Å². The van der Waals surface area contributed by atoms with Crippen LogP contribution in [0.1, 0.15) is 17.0 Å². The van der Waals surface area contributed by atoms with Gasteiger partial charge in [0.25, 0.3) is 0 Å². The molecule has 20 heavy (non-hydrogen) atoms. The predicted molar refractivity (Wildman–Crippen MR) is 65.9 cm³/mol. The van der Waals surface area contributed by atoms with Crippen LogP contribution in [0.5, 0.6) is 0 Å². The monoisotopic (exact) mass is 283 g/mol. The molecule has 2 aliphatic rings. The Morgan fingerprint density at radius 3 is 2.85 bits per heavy atom.